The molecule has 1 aromatic heterocycles. The van der Waals surface area contributed by atoms with E-state index in [2.05, 4.69) is 75.9 Å². The summed E-state index contributed by atoms with van der Waals surface area (Å²) >= 11 is 0. The van der Waals surface area contributed by atoms with E-state index in [1.165, 1.54) is 16.7 Å². The first-order chi connectivity index (χ1) is 23.1. The Balaban J connectivity index is 1.03. The van der Waals surface area contributed by atoms with Crippen molar-refractivity contribution in [2.24, 2.45) is 0 Å². The molecule has 47 heavy (non-hydrogen) atoms. The predicted octanol–water partition coefficient (Wildman–Crippen LogP) is 7.56. The van der Waals surface area contributed by atoms with Gasteiger partial charge in [0.25, 0.3) is 0 Å². The number of nitrogens with one attached hydrogen (secondary N) is 1. The average Bonchev–Trinajstić information content (AvgIpc) is 3.54. The van der Waals surface area contributed by atoms with Crippen molar-refractivity contribution in [2.75, 3.05) is 18.4 Å². The molecule has 0 spiro atoms. The molecular formula is C41H40N4O2. The molecule has 0 aliphatic rings. The van der Waals surface area contributed by atoms with Crippen molar-refractivity contribution >= 4 is 11.6 Å². The number of aliphatic hydroxyl groups is 1. The fraction of sp³-hybridized carbons (Fsp3) is 0.171. The summed E-state index contributed by atoms with van der Waals surface area (Å²) in [6.07, 6.45) is 4.19. The number of anilines is 1. The van der Waals surface area contributed by atoms with Crippen LogP contribution in [0.1, 0.15) is 34.2 Å². The van der Waals surface area contributed by atoms with E-state index in [1.807, 2.05) is 89.6 Å². The Morgan fingerprint density at radius 3 is 1.98 bits per heavy atom. The van der Waals surface area contributed by atoms with E-state index in [4.69, 9.17) is 0 Å². The Morgan fingerprint density at radius 1 is 0.723 bits per heavy atom. The SMILES string of the molecule is O=C(Cc1nccn1Cc1ccccc1)Nc1ccc(-c2ccc(CCN(Cc3ccccc3)C[C@H](O)c3ccccc3)cc2)cc1. The van der Waals surface area contributed by atoms with Crippen LogP contribution in [0.5, 0.6) is 0 Å². The summed E-state index contributed by atoms with van der Waals surface area (Å²) in [4.78, 5) is 19.6. The van der Waals surface area contributed by atoms with Crippen LogP contribution in [0, 0.1) is 0 Å². The molecule has 0 saturated heterocycles. The minimum absolute atomic E-state index is 0.0970. The zero-order valence-corrected chi connectivity index (χ0v) is 26.5. The molecule has 236 valence electrons. The highest BCUT2D eigenvalue weighted by molar-refractivity contribution is 5.92. The molecule has 0 unspecified atom stereocenters. The molecule has 2 N–H and O–H groups in total. The van der Waals surface area contributed by atoms with Crippen LogP contribution in [-0.4, -0.2) is 38.6 Å². The van der Waals surface area contributed by atoms with Crippen LogP contribution in [-0.2, 0) is 30.7 Å². The monoisotopic (exact) mass is 620 g/mol. The van der Waals surface area contributed by atoms with Gasteiger partial charge in [-0.3, -0.25) is 9.69 Å². The number of hydrogen-bond acceptors (Lipinski definition) is 4. The lowest BCUT2D eigenvalue weighted by Crippen LogP contribution is -2.30. The number of hydrogen-bond donors (Lipinski definition) is 2. The minimum Gasteiger partial charge on any atom is -0.387 e. The van der Waals surface area contributed by atoms with Crippen molar-refractivity contribution in [1.29, 1.82) is 0 Å². The maximum atomic E-state index is 12.8. The fourth-order valence-electron chi connectivity index (χ4n) is 5.78. The van der Waals surface area contributed by atoms with Crippen molar-refractivity contribution < 1.29 is 9.90 Å². The minimum atomic E-state index is -0.544. The predicted molar refractivity (Wildman–Crippen MR) is 189 cm³/mol. The Kier molecular flexibility index (Phi) is 10.7. The molecule has 0 radical (unpaired) electrons. The van der Waals surface area contributed by atoms with E-state index in [-0.39, 0.29) is 12.3 Å². The Hall–Kier alpha value is -5.30. The molecule has 0 aliphatic heterocycles. The number of carbonyl (C=O) groups excluding carboxylic acids is 1. The van der Waals surface area contributed by atoms with E-state index < -0.39 is 6.10 Å². The van der Waals surface area contributed by atoms with E-state index in [9.17, 15) is 9.90 Å². The quantitative estimate of drug-likeness (QED) is 0.132. The second kappa shape index (κ2) is 15.8. The van der Waals surface area contributed by atoms with Crippen LogP contribution in [0.3, 0.4) is 0 Å². The molecule has 5 aromatic carbocycles. The maximum absolute atomic E-state index is 12.8. The highest BCUT2D eigenvalue weighted by Gasteiger charge is 2.15. The summed E-state index contributed by atoms with van der Waals surface area (Å²) in [7, 11) is 0. The van der Waals surface area contributed by atoms with Gasteiger partial charge in [-0.1, -0.05) is 127 Å². The number of imidazole rings is 1. The lowest BCUT2D eigenvalue weighted by molar-refractivity contribution is -0.115. The number of amides is 1. The van der Waals surface area contributed by atoms with Gasteiger partial charge < -0.3 is 15.0 Å². The van der Waals surface area contributed by atoms with Gasteiger partial charge in [-0.05, 0) is 51.9 Å². The molecule has 1 amide bonds. The maximum Gasteiger partial charge on any atom is 0.231 e. The zero-order chi connectivity index (χ0) is 32.3. The number of nitrogens with zero attached hydrogens (tertiary/aromatic N) is 3. The highest BCUT2D eigenvalue weighted by Crippen LogP contribution is 2.23. The number of aliphatic hydroxyl groups excluding tert-OH is 1. The first-order valence-corrected chi connectivity index (χ1v) is 16.1. The largest absolute Gasteiger partial charge is 0.387 e. The van der Waals surface area contributed by atoms with Crippen LogP contribution in [0.15, 0.2) is 152 Å². The van der Waals surface area contributed by atoms with Gasteiger partial charge >= 0.3 is 0 Å². The van der Waals surface area contributed by atoms with E-state index in [0.717, 1.165) is 47.7 Å². The molecule has 0 saturated carbocycles. The second-order valence-corrected chi connectivity index (χ2v) is 11.9. The van der Waals surface area contributed by atoms with E-state index >= 15 is 0 Å². The van der Waals surface area contributed by atoms with Crippen molar-refractivity contribution in [1.82, 2.24) is 14.5 Å². The summed E-state index contributed by atoms with van der Waals surface area (Å²) in [6, 6.07) is 47.1. The van der Waals surface area contributed by atoms with Crippen LogP contribution < -0.4 is 5.32 Å². The third-order valence-corrected chi connectivity index (χ3v) is 8.35. The smallest absolute Gasteiger partial charge is 0.231 e. The molecule has 1 heterocycles. The highest BCUT2D eigenvalue weighted by atomic mass is 16.3. The zero-order valence-electron chi connectivity index (χ0n) is 26.5. The molecule has 0 aliphatic carbocycles. The number of benzene rings is 5. The second-order valence-electron chi connectivity index (χ2n) is 11.9. The van der Waals surface area contributed by atoms with Crippen LogP contribution in [0.2, 0.25) is 0 Å². The molecular weight excluding hydrogens is 580 g/mol. The number of aromatic nitrogens is 2. The molecule has 6 rings (SSSR count). The number of carbonyl (C=O) groups is 1. The van der Waals surface area contributed by atoms with Gasteiger partial charge in [-0.25, -0.2) is 4.98 Å². The van der Waals surface area contributed by atoms with Crippen LogP contribution in [0.25, 0.3) is 11.1 Å². The Morgan fingerprint density at radius 2 is 1.32 bits per heavy atom. The van der Waals surface area contributed by atoms with Crippen molar-refractivity contribution in [3.8, 4) is 11.1 Å². The lowest BCUT2D eigenvalue weighted by Gasteiger charge is -2.25. The molecule has 0 bridgehead atoms. The van der Waals surface area contributed by atoms with Gasteiger partial charge in [0.2, 0.25) is 5.91 Å². The number of rotatable bonds is 14. The van der Waals surface area contributed by atoms with Gasteiger partial charge in [0.15, 0.2) is 0 Å². The topological polar surface area (TPSA) is 70.4 Å². The Labute approximate surface area is 277 Å². The molecule has 6 nitrogen and oxygen atoms in total. The van der Waals surface area contributed by atoms with Crippen molar-refractivity contribution in [2.45, 2.75) is 32.0 Å². The van der Waals surface area contributed by atoms with Gasteiger partial charge in [0.05, 0.1) is 12.5 Å². The van der Waals surface area contributed by atoms with Gasteiger partial charge in [0, 0.05) is 44.3 Å². The summed E-state index contributed by atoms with van der Waals surface area (Å²) in [5.41, 5.74) is 7.55. The van der Waals surface area contributed by atoms with Gasteiger partial charge in [-0.15, -0.1) is 0 Å². The molecule has 6 aromatic rings. The summed E-state index contributed by atoms with van der Waals surface area (Å²) in [6.45, 7) is 2.86. The summed E-state index contributed by atoms with van der Waals surface area (Å²) < 4.78 is 2.01. The van der Waals surface area contributed by atoms with Crippen molar-refractivity contribution in [3.63, 3.8) is 0 Å². The van der Waals surface area contributed by atoms with Gasteiger partial charge in [-0.2, -0.15) is 0 Å². The standard InChI is InChI=1S/C41H40N4O2/c46-39(37-14-8-3-9-15-37)31-44(29-33-10-4-1-5-11-33)26-24-32-16-18-35(19-17-32)36-20-22-38(23-21-36)43-41(47)28-40-42-25-27-45(40)30-34-12-6-2-7-13-34/h1-23,25,27,39,46H,24,26,28-31H2,(H,43,47)/t39-/m0/s1. The van der Waals surface area contributed by atoms with E-state index in [1.54, 1.807) is 6.20 Å². The molecule has 0 fully saturated rings. The molecule has 6 heteroatoms. The fourth-order valence-corrected chi connectivity index (χ4v) is 5.78. The van der Waals surface area contributed by atoms with Crippen molar-refractivity contribution in [3.05, 3.63) is 180 Å². The average molecular weight is 621 g/mol. The third-order valence-electron chi connectivity index (χ3n) is 8.35. The molecule has 1 atom stereocenters. The van der Waals surface area contributed by atoms with Gasteiger partial charge in [0.1, 0.15) is 5.82 Å². The van der Waals surface area contributed by atoms with E-state index in [0.29, 0.717) is 13.1 Å². The normalized spacial score (nSPS) is 11.8. The van der Waals surface area contributed by atoms with Crippen LogP contribution in [0.4, 0.5) is 5.69 Å². The Bertz CT molecular complexity index is 1820. The van der Waals surface area contributed by atoms with Crippen LogP contribution >= 0.6 is 0 Å². The summed E-state index contributed by atoms with van der Waals surface area (Å²) in [5, 5.41) is 14.0. The lowest BCUT2D eigenvalue weighted by atomic mass is 10.0. The third kappa shape index (κ3) is 9.13. The first kappa shape index (κ1) is 31.7. The first-order valence-electron chi connectivity index (χ1n) is 16.1. The summed E-state index contributed by atoms with van der Waals surface area (Å²) in [5.74, 6) is 0.638.